The minimum Gasteiger partial charge on any atom is -0.756 e. The molecule has 2 aromatic rings. The average molecular weight is 732 g/mol. The van der Waals surface area contributed by atoms with Crippen molar-refractivity contribution in [3.05, 3.63) is 71.8 Å². The molecule has 2 unspecified atom stereocenters. The zero-order valence-electron chi connectivity index (χ0n) is 27.6. The molecule has 0 amide bonds. The predicted molar refractivity (Wildman–Crippen MR) is 164 cm³/mol. The van der Waals surface area contributed by atoms with Crippen LogP contribution in [0.25, 0.3) is 0 Å². The maximum atomic E-state index is 13.1. The number of nitrogens with zero attached hydrogens (tertiary/aromatic N) is 3. The molecule has 0 heterocycles. The SMILES string of the molecule is O=C([O-])CN(CCN(CC(=O)[O-])CC(COP(=O)([O-])OC1CCC(c2ccccc2)(c2ccccc2)CC1)N(CC(=O)[O-])CC(=O)[O-])CC(=O)[O-]. The summed E-state index contributed by atoms with van der Waals surface area (Å²) in [4.78, 5) is 72.4. The van der Waals surface area contributed by atoms with Gasteiger partial charge in [0.1, 0.15) is 0 Å². The molecule has 51 heavy (non-hydrogen) atoms. The van der Waals surface area contributed by atoms with Gasteiger partial charge in [-0.3, -0.25) is 19.3 Å². The smallest absolute Gasteiger partial charge is 0.268 e. The monoisotopic (exact) mass is 731 g/mol. The normalized spacial score (nSPS) is 16.5. The summed E-state index contributed by atoms with van der Waals surface area (Å²) in [6, 6.07) is 18.1. The zero-order chi connectivity index (χ0) is 37.6. The first-order chi connectivity index (χ1) is 24.1. The molecule has 0 bridgehead atoms. The van der Waals surface area contributed by atoms with Crippen LogP contribution in [0, 0.1) is 0 Å². The molecule has 280 valence electrons. The van der Waals surface area contributed by atoms with Gasteiger partial charge >= 0.3 is 0 Å². The van der Waals surface area contributed by atoms with Crippen LogP contribution in [0.5, 0.6) is 0 Å². The zero-order valence-corrected chi connectivity index (χ0v) is 28.5. The van der Waals surface area contributed by atoms with Crippen LogP contribution in [0.1, 0.15) is 36.8 Å². The van der Waals surface area contributed by atoms with E-state index in [0.29, 0.717) is 25.7 Å². The second-order valence-electron chi connectivity index (χ2n) is 12.2. The summed E-state index contributed by atoms with van der Waals surface area (Å²) >= 11 is 0. The number of phosphoric ester groups is 1. The molecule has 2 aromatic carbocycles. The number of hydrogen-bond acceptors (Lipinski definition) is 17. The number of hydrogen-bond donors (Lipinski definition) is 0. The van der Waals surface area contributed by atoms with Crippen molar-refractivity contribution < 1.29 is 68.0 Å². The molecule has 0 N–H and O–H groups in total. The molecule has 0 spiro atoms. The van der Waals surface area contributed by atoms with Gasteiger partial charge in [0.05, 0.1) is 42.6 Å². The second kappa shape index (κ2) is 19.4. The fraction of sp³-hybridized carbons (Fsp3) is 0.485. The van der Waals surface area contributed by atoms with Gasteiger partial charge < -0.3 is 63.4 Å². The summed E-state index contributed by atoms with van der Waals surface area (Å²) in [6.07, 6.45) is 0.910. The van der Waals surface area contributed by atoms with Gasteiger partial charge in [-0.2, -0.15) is 0 Å². The van der Waals surface area contributed by atoms with Gasteiger partial charge in [0.15, 0.2) is 0 Å². The molecule has 3 rings (SSSR count). The van der Waals surface area contributed by atoms with Crippen LogP contribution in [0.3, 0.4) is 0 Å². The topological polar surface area (TPSA) is 269 Å². The largest absolute Gasteiger partial charge is 0.756 e. The van der Waals surface area contributed by atoms with Gasteiger partial charge in [-0.05, 0) is 36.8 Å². The van der Waals surface area contributed by atoms with E-state index in [9.17, 15) is 59.0 Å². The Balaban J connectivity index is 1.77. The summed E-state index contributed by atoms with van der Waals surface area (Å²) < 4.78 is 23.7. The van der Waals surface area contributed by atoms with Crippen LogP contribution >= 0.6 is 7.82 Å². The lowest BCUT2D eigenvalue weighted by atomic mass is 9.65. The molecule has 0 radical (unpaired) electrons. The molecule has 1 fully saturated rings. The Hall–Kier alpha value is -4.22. The van der Waals surface area contributed by atoms with Crippen molar-refractivity contribution in [1.29, 1.82) is 0 Å². The highest BCUT2D eigenvalue weighted by Crippen LogP contribution is 2.49. The molecule has 0 saturated heterocycles. The van der Waals surface area contributed by atoms with Crippen LogP contribution in [0.15, 0.2) is 60.7 Å². The van der Waals surface area contributed by atoms with E-state index < -0.39 is 101 Å². The number of benzene rings is 2. The van der Waals surface area contributed by atoms with Gasteiger partial charge in [0.2, 0.25) is 0 Å². The van der Waals surface area contributed by atoms with Crippen LogP contribution in [0.4, 0.5) is 0 Å². The van der Waals surface area contributed by atoms with Crippen LogP contribution < -0.4 is 30.4 Å². The quantitative estimate of drug-likeness (QED) is 0.0964. The maximum Gasteiger partial charge on any atom is 0.268 e. The van der Waals surface area contributed by atoms with Gasteiger partial charge in [-0.25, -0.2) is 0 Å². The molecule has 0 aromatic heterocycles. The summed E-state index contributed by atoms with van der Waals surface area (Å²) in [5, 5.41) is 56.7. The Morgan fingerprint density at radius 2 is 1.10 bits per heavy atom. The van der Waals surface area contributed by atoms with Crippen LogP contribution in [0.2, 0.25) is 0 Å². The summed E-state index contributed by atoms with van der Waals surface area (Å²) in [5.74, 6) is -8.46. The van der Waals surface area contributed by atoms with Gasteiger partial charge in [-0.15, -0.1) is 0 Å². The van der Waals surface area contributed by atoms with E-state index >= 15 is 0 Å². The summed E-state index contributed by atoms with van der Waals surface area (Å²) in [7, 11) is -5.15. The molecular weight excluding hydrogens is 693 g/mol. The highest BCUT2D eigenvalue weighted by molar-refractivity contribution is 7.45. The Kier molecular flexibility index (Phi) is 15.7. The number of carboxylic acid groups (broad SMARTS) is 5. The fourth-order valence-corrected chi connectivity index (χ4v) is 7.33. The molecule has 1 aliphatic carbocycles. The molecule has 2 atom stereocenters. The minimum absolute atomic E-state index is 0.317. The number of phosphoric acid groups is 1. The Morgan fingerprint density at radius 1 is 0.686 bits per heavy atom. The van der Waals surface area contributed by atoms with E-state index in [1.54, 1.807) is 0 Å². The van der Waals surface area contributed by atoms with E-state index in [0.717, 1.165) is 25.8 Å². The van der Waals surface area contributed by atoms with E-state index in [2.05, 4.69) is 0 Å². The standard InChI is InChI=1S/C33H44N3O14P/c37-28(38)18-34(15-16-35(19-29(39)40)20-30(41)42)17-26(36(21-31(43)44)22-32(45)46)23-49-51(47,48)50-27-11-13-33(14-12-27,24-7-3-1-4-8-24)25-9-5-2-6-10-25/h1-10,26-27H,11-23H2,(H,37,38)(H,39,40)(H,41,42)(H,43,44)(H,45,46)(H,47,48)/p-6. The lowest BCUT2D eigenvalue weighted by Crippen LogP contribution is -2.55. The van der Waals surface area contributed by atoms with Crippen molar-refractivity contribution in [3.8, 4) is 0 Å². The van der Waals surface area contributed by atoms with E-state index in [1.807, 2.05) is 60.7 Å². The second-order valence-corrected chi connectivity index (χ2v) is 13.6. The third kappa shape index (κ3) is 13.8. The molecule has 0 aliphatic heterocycles. The molecular formula is C33H38N3O14P-6. The van der Waals surface area contributed by atoms with Crippen molar-refractivity contribution in [2.75, 3.05) is 59.0 Å². The highest BCUT2D eigenvalue weighted by Gasteiger charge is 2.39. The number of rotatable bonds is 23. The number of carbonyl (C=O) groups is 5. The van der Waals surface area contributed by atoms with Crippen molar-refractivity contribution in [1.82, 2.24) is 14.7 Å². The average Bonchev–Trinajstić information content (AvgIpc) is 3.05. The number of aliphatic carboxylic acids is 5. The van der Waals surface area contributed by atoms with Crippen molar-refractivity contribution in [2.45, 2.75) is 43.2 Å². The molecule has 1 aliphatic rings. The highest BCUT2D eigenvalue weighted by atomic mass is 31.2. The predicted octanol–water partition coefficient (Wildman–Crippen LogP) is -5.56. The first-order valence-electron chi connectivity index (χ1n) is 16.0. The van der Waals surface area contributed by atoms with Gasteiger partial charge in [-0.1, -0.05) is 60.7 Å². The van der Waals surface area contributed by atoms with Crippen molar-refractivity contribution in [2.24, 2.45) is 0 Å². The Labute approximate surface area is 294 Å². The van der Waals surface area contributed by atoms with Gasteiger partial charge in [0, 0.05) is 63.8 Å². The number of carboxylic acids is 5. The van der Waals surface area contributed by atoms with E-state index in [-0.39, 0.29) is 13.1 Å². The summed E-state index contributed by atoms with van der Waals surface area (Å²) in [5.41, 5.74) is 1.71. The third-order valence-electron chi connectivity index (χ3n) is 8.58. The third-order valence-corrected chi connectivity index (χ3v) is 9.60. The Morgan fingerprint density at radius 3 is 1.53 bits per heavy atom. The van der Waals surface area contributed by atoms with Crippen LogP contribution in [-0.4, -0.2) is 116 Å². The Bertz CT molecular complexity index is 1450. The van der Waals surface area contributed by atoms with Crippen molar-refractivity contribution in [3.63, 3.8) is 0 Å². The summed E-state index contributed by atoms with van der Waals surface area (Å²) in [6.45, 7) is -6.98. The first kappa shape index (κ1) is 41.2. The van der Waals surface area contributed by atoms with Crippen LogP contribution in [-0.2, 0) is 43.0 Å². The molecule has 18 heteroatoms. The lowest BCUT2D eigenvalue weighted by Gasteiger charge is -2.42. The van der Waals surface area contributed by atoms with E-state index in [4.69, 9.17) is 9.05 Å². The first-order valence-corrected chi connectivity index (χ1v) is 17.5. The van der Waals surface area contributed by atoms with Gasteiger partial charge in [0.25, 0.3) is 7.82 Å². The molecule has 17 nitrogen and oxygen atoms in total. The lowest BCUT2D eigenvalue weighted by molar-refractivity contribution is -0.313. The van der Waals surface area contributed by atoms with E-state index in [1.165, 1.54) is 0 Å². The molecule has 1 saturated carbocycles. The number of carbonyl (C=O) groups excluding carboxylic acids is 5. The maximum absolute atomic E-state index is 13.1. The minimum atomic E-state index is -5.15. The fourth-order valence-electron chi connectivity index (χ4n) is 6.34. The van der Waals surface area contributed by atoms with Crippen molar-refractivity contribution >= 4 is 37.7 Å².